The molecule has 1 heterocycles. The molecule has 0 unspecified atom stereocenters. The number of nitrogens with zero attached hydrogens (tertiary/aromatic N) is 4. The second kappa shape index (κ2) is 6.51. The third-order valence-electron chi connectivity index (χ3n) is 3.13. The van der Waals surface area contributed by atoms with Crippen molar-refractivity contribution in [2.45, 2.75) is 46.6 Å². The van der Waals surface area contributed by atoms with Gasteiger partial charge in [0.15, 0.2) is 0 Å². The Kier molecular flexibility index (Phi) is 5.29. The zero-order valence-corrected chi connectivity index (χ0v) is 12.5. The lowest BCUT2D eigenvalue weighted by molar-refractivity contribution is 0.541. The molecule has 0 saturated carbocycles. The first-order valence-electron chi connectivity index (χ1n) is 6.71. The Balaban J connectivity index is 3.08. The number of rotatable bonds is 7. The van der Waals surface area contributed by atoms with Crippen molar-refractivity contribution in [2.75, 3.05) is 28.7 Å². The van der Waals surface area contributed by atoms with Crippen LogP contribution < -0.4 is 21.5 Å². The number of nitrogens with one attached hydrogen (secondary N) is 2. The number of hydrogen-bond acceptors (Lipinski definition) is 7. The molecule has 0 saturated heterocycles. The van der Waals surface area contributed by atoms with Crippen LogP contribution in [0.15, 0.2) is 0 Å². The lowest BCUT2D eigenvalue weighted by Gasteiger charge is -2.25. The molecule has 0 aromatic carbocycles. The van der Waals surface area contributed by atoms with E-state index in [2.05, 4.69) is 60.3 Å². The Morgan fingerprint density at radius 3 is 2.11 bits per heavy atom. The smallest absolute Gasteiger partial charge is 0.243 e. The molecule has 1 aromatic heterocycles. The molecule has 108 valence electrons. The van der Waals surface area contributed by atoms with E-state index >= 15 is 0 Å². The summed E-state index contributed by atoms with van der Waals surface area (Å²) in [5.41, 5.74) is 2.41. The lowest BCUT2D eigenvalue weighted by atomic mass is 10.0. The van der Waals surface area contributed by atoms with Crippen LogP contribution in [-0.4, -0.2) is 33.6 Å². The topological polar surface area (TPSA) is 92.0 Å². The molecule has 7 heteroatoms. The van der Waals surface area contributed by atoms with Gasteiger partial charge in [0.1, 0.15) is 0 Å². The molecule has 1 aromatic rings. The van der Waals surface area contributed by atoms with Gasteiger partial charge in [0.05, 0.1) is 0 Å². The van der Waals surface area contributed by atoms with Crippen molar-refractivity contribution in [2.24, 2.45) is 5.84 Å². The number of nitrogens with two attached hydrogens (primary N) is 1. The summed E-state index contributed by atoms with van der Waals surface area (Å²) in [4.78, 5) is 15.0. The first-order valence-corrected chi connectivity index (χ1v) is 6.71. The fourth-order valence-electron chi connectivity index (χ4n) is 1.52. The van der Waals surface area contributed by atoms with E-state index in [-0.39, 0.29) is 5.54 Å². The summed E-state index contributed by atoms with van der Waals surface area (Å²) in [5.74, 6) is 6.95. The minimum Gasteiger partial charge on any atom is -0.349 e. The van der Waals surface area contributed by atoms with Crippen molar-refractivity contribution in [3.05, 3.63) is 0 Å². The lowest BCUT2D eigenvalue weighted by Crippen LogP contribution is -2.32. The molecule has 0 bridgehead atoms. The van der Waals surface area contributed by atoms with Crippen molar-refractivity contribution >= 4 is 17.8 Å². The van der Waals surface area contributed by atoms with E-state index in [1.165, 1.54) is 0 Å². The molecule has 7 nitrogen and oxygen atoms in total. The van der Waals surface area contributed by atoms with E-state index in [1.807, 2.05) is 4.90 Å². The second-order valence-corrected chi connectivity index (χ2v) is 4.96. The van der Waals surface area contributed by atoms with Crippen LogP contribution in [-0.2, 0) is 0 Å². The zero-order chi connectivity index (χ0) is 14.5. The highest BCUT2D eigenvalue weighted by atomic mass is 15.4. The molecule has 0 fully saturated rings. The van der Waals surface area contributed by atoms with Gasteiger partial charge < -0.3 is 10.2 Å². The van der Waals surface area contributed by atoms with Crippen molar-refractivity contribution in [1.29, 1.82) is 0 Å². The van der Waals surface area contributed by atoms with Gasteiger partial charge in [-0.25, -0.2) is 5.84 Å². The van der Waals surface area contributed by atoms with Gasteiger partial charge in [-0.15, -0.1) is 0 Å². The van der Waals surface area contributed by atoms with Gasteiger partial charge in [-0.05, 0) is 34.1 Å². The molecule has 0 atom stereocenters. The van der Waals surface area contributed by atoms with Gasteiger partial charge in [-0.3, -0.25) is 5.43 Å². The van der Waals surface area contributed by atoms with E-state index in [4.69, 9.17) is 5.84 Å². The summed E-state index contributed by atoms with van der Waals surface area (Å²) < 4.78 is 0. The maximum atomic E-state index is 5.42. The zero-order valence-electron chi connectivity index (χ0n) is 12.5. The van der Waals surface area contributed by atoms with Gasteiger partial charge in [0.25, 0.3) is 0 Å². The average molecular weight is 267 g/mol. The van der Waals surface area contributed by atoms with Crippen LogP contribution in [0.4, 0.5) is 17.8 Å². The predicted octanol–water partition coefficient (Wildman–Crippen LogP) is 1.60. The van der Waals surface area contributed by atoms with Crippen molar-refractivity contribution in [3.63, 3.8) is 0 Å². The number of hydrazine groups is 1. The third kappa shape index (κ3) is 4.20. The average Bonchev–Trinajstić information content (AvgIpc) is 2.39. The summed E-state index contributed by atoms with van der Waals surface area (Å²) in [6.07, 6.45) is 0.963. The SMILES string of the molecule is CCN(CC)c1nc(NN)nc(NC(C)(C)CC)n1. The van der Waals surface area contributed by atoms with Crippen LogP contribution in [0.1, 0.15) is 41.0 Å². The quantitative estimate of drug-likeness (QED) is 0.510. The maximum absolute atomic E-state index is 5.42. The molecule has 1 rings (SSSR count). The first-order chi connectivity index (χ1) is 8.95. The van der Waals surface area contributed by atoms with Crippen LogP contribution in [0.3, 0.4) is 0 Å². The Hall–Kier alpha value is -1.63. The second-order valence-electron chi connectivity index (χ2n) is 4.96. The summed E-state index contributed by atoms with van der Waals surface area (Å²) >= 11 is 0. The largest absolute Gasteiger partial charge is 0.349 e. The molecule has 19 heavy (non-hydrogen) atoms. The van der Waals surface area contributed by atoms with E-state index in [1.54, 1.807) is 0 Å². The van der Waals surface area contributed by atoms with Crippen molar-refractivity contribution in [1.82, 2.24) is 15.0 Å². The highest BCUT2D eigenvalue weighted by Crippen LogP contribution is 2.18. The summed E-state index contributed by atoms with van der Waals surface area (Å²) in [5, 5.41) is 3.30. The van der Waals surface area contributed by atoms with Gasteiger partial charge >= 0.3 is 0 Å². The molecular formula is C12H25N7. The minimum absolute atomic E-state index is 0.0756. The third-order valence-corrected chi connectivity index (χ3v) is 3.13. The van der Waals surface area contributed by atoms with Gasteiger partial charge in [0, 0.05) is 18.6 Å². The highest BCUT2D eigenvalue weighted by molar-refractivity contribution is 5.44. The van der Waals surface area contributed by atoms with Crippen LogP contribution in [0.5, 0.6) is 0 Å². The summed E-state index contributed by atoms with van der Waals surface area (Å²) in [7, 11) is 0. The number of nitrogen functional groups attached to an aromatic ring is 1. The standard InChI is InChI=1S/C12H25N7/c1-6-12(4,5)17-9-14-10(18-13)16-11(15-9)19(7-2)8-3/h6-8,13H2,1-5H3,(H2,14,15,16,17,18). The van der Waals surface area contributed by atoms with E-state index < -0.39 is 0 Å². The molecule has 0 aliphatic heterocycles. The maximum Gasteiger partial charge on any atom is 0.243 e. The number of anilines is 3. The molecule has 0 spiro atoms. The number of hydrogen-bond donors (Lipinski definition) is 3. The van der Waals surface area contributed by atoms with Crippen LogP contribution >= 0.6 is 0 Å². The Morgan fingerprint density at radius 1 is 1.05 bits per heavy atom. The summed E-state index contributed by atoms with van der Waals surface area (Å²) in [6.45, 7) is 12.1. The highest BCUT2D eigenvalue weighted by Gasteiger charge is 2.18. The first kappa shape index (κ1) is 15.4. The van der Waals surface area contributed by atoms with Crippen LogP contribution in [0.2, 0.25) is 0 Å². The Morgan fingerprint density at radius 2 is 1.63 bits per heavy atom. The molecular weight excluding hydrogens is 242 g/mol. The molecule has 0 amide bonds. The Bertz CT molecular complexity index is 401. The van der Waals surface area contributed by atoms with Crippen LogP contribution in [0, 0.1) is 0 Å². The molecule has 0 aliphatic carbocycles. The Labute approximate surface area is 115 Å². The normalized spacial score (nSPS) is 11.3. The van der Waals surface area contributed by atoms with Gasteiger partial charge in [-0.1, -0.05) is 6.92 Å². The predicted molar refractivity (Wildman–Crippen MR) is 79.2 cm³/mol. The van der Waals surface area contributed by atoms with Crippen molar-refractivity contribution in [3.8, 4) is 0 Å². The van der Waals surface area contributed by atoms with E-state index in [9.17, 15) is 0 Å². The van der Waals surface area contributed by atoms with Gasteiger partial charge in [0.2, 0.25) is 17.8 Å². The summed E-state index contributed by atoms with van der Waals surface area (Å²) in [6, 6.07) is 0. The minimum atomic E-state index is -0.0756. The molecule has 4 N–H and O–H groups in total. The monoisotopic (exact) mass is 267 g/mol. The number of aromatic nitrogens is 3. The van der Waals surface area contributed by atoms with Crippen LogP contribution in [0.25, 0.3) is 0 Å². The van der Waals surface area contributed by atoms with E-state index in [0.29, 0.717) is 17.8 Å². The molecule has 0 radical (unpaired) electrons. The molecule has 0 aliphatic rings. The van der Waals surface area contributed by atoms with E-state index in [0.717, 1.165) is 19.5 Å². The van der Waals surface area contributed by atoms with Gasteiger partial charge in [-0.2, -0.15) is 15.0 Å². The fourth-order valence-corrected chi connectivity index (χ4v) is 1.52. The van der Waals surface area contributed by atoms with Crippen molar-refractivity contribution < 1.29 is 0 Å². The fraction of sp³-hybridized carbons (Fsp3) is 0.750.